The van der Waals surface area contributed by atoms with Gasteiger partial charge in [-0.25, -0.2) is 9.18 Å². The van der Waals surface area contributed by atoms with Crippen molar-refractivity contribution in [2.75, 3.05) is 23.8 Å². The predicted octanol–water partition coefficient (Wildman–Crippen LogP) is 0.673. The van der Waals surface area contributed by atoms with E-state index < -0.39 is 17.1 Å². The Morgan fingerprint density at radius 3 is 2.56 bits per heavy atom. The van der Waals surface area contributed by atoms with E-state index in [0.29, 0.717) is 38.8 Å². The van der Waals surface area contributed by atoms with Crippen molar-refractivity contribution in [1.29, 1.82) is 0 Å². The molecule has 1 saturated heterocycles. The third-order valence-electron chi connectivity index (χ3n) is 6.75. The summed E-state index contributed by atoms with van der Waals surface area (Å²) in [6.07, 6.45) is 5.06. The van der Waals surface area contributed by atoms with Gasteiger partial charge in [-0.1, -0.05) is 0 Å². The number of hydrogen-bond acceptors (Lipinski definition) is 5. The molecule has 2 aromatic heterocycles. The number of hydrogen-bond donors (Lipinski definition) is 2. The molecule has 1 aliphatic heterocycles. The topological polar surface area (TPSA) is 98.8 Å². The summed E-state index contributed by atoms with van der Waals surface area (Å²) < 4.78 is 16.9. The molecule has 0 radical (unpaired) electrons. The lowest BCUT2D eigenvalue weighted by Gasteiger charge is -2.25. The van der Waals surface area contributed by atoms with E-state index in [2.05, 4.69) is 0 Å². The Kier molecular flexibility index (Phi) is 3.47. The molecular formula is C19H24FN5O2. The predicted molar refractivity (Wildman–Crippen MR) is 101 cm³/mol. The number of nitrogens with zero attached hydrogens (tertiary/aromatic N) is 3. The van der Waals surface area contributed by atoms with Crippen LogP contribution in [0.25, 0.3) is 5.52 Å². The highest BCUT2D eigenvalue weighted by atomic mass is 19.1. The van der Waals surface area contributed by atoms with Gasteiger partial charge in [0.05, 0.1) is 17.4 Å². The van der Waals surface area contributed by atoms with Crippen LogP contribution < -0.4 is 27.7 Å². The van der Waals surface area contributed by atoms with E-state index >= 15 is 4.39 Å². The van der Waals surface area contributed by atoms with Gasteiger partial charge in [-0.15, -0.1) is 0 Å². The van der Waals surface area contributed by atoms with Gasteiger partial charge in [0.15, 0.2) is 5.82 Å². The molecule has 0 bridgehead atoms. The highest BCUT2D eigenvalue weighted by Crippen LogP contribution is 2.44. The molecule has 2 aromatic rings. The molecule has 144 valence electrons. The number of pyridine rings is 1. The number of nitrogen functional groups attached to an aromatic ring is 1. The van der Waals surface area contributed by atoms with Crippen LogP contribution in [0.15, 0.2) is 15.8 Å². The minimum atomic E-state index is -0.715. The maximum absolute atomic E-state index is 15.1. The maximum atomic E-state index is 15.1. The van der Waals surface area contributed by atoms with Crippen LogP contribution in [0.3, 0.4) is 0 Å². The number of aromatic nitrogens is 2. The average Bonchev–Trinajstić information content (AvgIpc) is 3.29. The van der Waals surface area contributed by atoms with Gasteiger partial charge in [-0.3, -0.25) is 9.20 Å². The molecule has 2 aliphatic carbocycles. The number of halogens is 1. The smallest absolute Gasteiger partial charge is 0.354 e. The van der Waals surface area contributed by atoms with Gasteiger partial charge in [0.25, 0.3) is 5.56 Å². The van der Waals surface area contributed by atoms with E-state index in [4.69, 9.17) is 11.6 Å². The van der Waals surface area contributed by atoms with E-state index in [9.17, 15) is 9.59 Å². The first-order valence-electron chi connectivity index (χ1n) is 9.64. The van der Waals surface area contributed by atoms with Crippen molar-refractivity contribution >= 4 is 11.2 Å². The number of aryl methyl sites for hydroxylation is 1. The highest BCUT2D eigenvalue weighted by Gasteiger charge is 2.42. The van der Waals surface area contributed by atoms with Gasteiger partial charge in [-0.2, -0.15) is 4.68 Å². The summed E-state index contributed by atoms with van der Waals surface area (Å²) in [7, 11) is 0. The molecule has 0 aromatic carbocycles. The van der Waals surface area contributed by atoms with Crippen LogP contribution >= 0.6 is 0 Å². The SMILES string of the molecule is Cc1c(N2CC3CCC(N)C3C2)c(F)cn2c(=O)n(N)c(=O)c(C3CC3)c12. The summed E-state index contributed by atoms with van der Waals surface area (Å²) in [4.78, 5) is 27.2. The van der Waals surface area contributed by atoms with Crippen molar-refractivity contribution in [2.45, 2.75) is 44.6 Å². The monoisotopic (exact) mass is 373 g/mol. The second kappa shape index (κ2) is 5.58. The zero-order chi connectivity index (χ0) is 19.0. The van der Waals surface area contributed by atoms with Gasteiger partial charge in [0, 0.05) is 30.3 Å². The largest absolute Gasteiger partial charge is 0.368 e. The van der Waals surface area contributed by atoms with E-state index in [1.807, 2.05) is 4.90 Å². The standard InChI is InChI=1S/C19H24FN5O2/c1-9-16(23-6-11-4-5-14(21)12(11)7-23)13(20)8-24-17(9)15(10-2-3-10)18(26)25(22)19(24)27/h8,10-12,14H,2-7,21-22H2,1H3. The Balaban J connectivity index is 1.73. The zero-order valence-electron chi connectivity index (χ0n) is 15.3. The van der Waals surface area contributed by atoms with Crippen molar-refractivity contribution < 1.29 is 4.39 Å². The first kappa shape index (κ1) is 16.8. The second-order valence-corrected chi connectivity index (χ2v) is 8.39. The summed E-state index contributed by atoms with van der Waals surface area (Å²) in [5.74, 6) is 6.16. The Morgan fingerprint density at radius 2 is 1.89 bits per heavy atom. The number of fused-ring (bicyclic) bond motifs is 2. The van der Waals surface area contributed by atoms with Crippen LogP contribution in [0.2, 0.25) is 0 Å². The first-order chi connectivity index (χ1) is 12.9. The van der Waals surface area contributed by atoms with Crippen molar-refractivity contribution in [1.82, 2.24) is 9.08 Å². The molecule has 7 nitrogen and oxygen atoms in total. The number of anilines is 1. The van der Waals surface area contributed by atoms with Gasteiger partial charge in [0.2, 0.25) is 0 Å². The zero-order valence-corrected chi connectivity index (χ0v) is 15.3. The number of nitrogens with two attached hydrogens (primary N) is 2. The molecule has 3 atom stereocenters. The van der Waals surface area contributed by atoms with E-state index in [1.165, 1.54) is 10.6 Å². The third kappa shape index (κ3) is 2.29. The Hall–Kier alpha value is -2.35. The molecular weight excluding hydrogens is 349 g/mol. The first-order valence-corrected chi connectivity index (χ1v) is 9.64. The lowest BCUT2D eigenvalue weighted by molar-refractivity contribution is 0.453. The molecule has 5 rings (SSSR count). The van der Waals surface area contributed by atoms with Crippen LogP contribution in [-0.2, 0) is 0 Å². The quantitative estimate of drug-likeness (QED) is 0.754. The molecule has 0 amide bonds. The third-order valence-corrected chi connectivity index (χ3v) is 6.75. The van der Waals surface area contributed by atoms with Crippen molar-refractivity contribution in [3.63, 3.8) is 0 Å². The molecule has 27 heavy (non-hydrogen) atoms. The molecule has 8 heteroatoms. The Bertz CT molecular complexity index is 1070. The van der Waals surface area contributed by atoms with Crippen LogP contribution in [0.5, 0.6) is 0 Å². The summed E-state index contributed by atoms with van der Waals surface area (Å²) in [5.41, 5.74) is 7.23. The van der Waals surface area contributed by atoms with Gasteiger partial charge >= 0.3 is 5.69 Å². The normalized spacial score (nSPS) is 27.5. The summed E-state index contributed by atoms with van der Waals surface area (Å²) in [5, 5.41) is 0. The molecule has 3 aliphatic rings. The Morgan fingerprint density at radius 1 is 1.15 bits per heavy atom. The maximum Gasteiger partial charge on any atom is 0.354 e. The van der Waals surface area contributed by atoms with Gasteiger partial charge < -0.3 is 16.5 Å². The summed E-state index contributed by atoms with van der Waals surface area (Å²) in [6, 6.07) is 0.165. The lowest BCUT2D eigenvalue weighted by atomic mass is 9.98. The van der Waals surface area contributed by atoms with Crippen LogP contribution in [0.1, 0.15) is 42.7 Å². The number of rotatable bonds is 2. The lowest BCUT2D eigenvalue weighted by Crippen LogP contribution is -2.44. The molecule has 0 spiro atoms. The minimum absolute atomic E-state index is 0.0892. The van der Waals surface area contributed by atoms with Gasteiger partial charge in [0.1, 0.15) is 0 Å². The highest BCUT2D eigenvalue weighted by molar-refractivity contribution is 5.72. The fourth-order valence-corrected chi connectivity index (χ4v) is 5.25. The minimum Gasteiger partial charge on any atom is -0.368 e. The van der Waals surface area contributed by atoms with Crippen molar-refractivity contribution in [3.8, 4) is 0 Å². The van der Waals surface area contributed by atoms with Crippen molar-refractivity contribution in [2.24, 2.45) is 17.6 Å². The van der Waals surface area contributed by atoms with Gasteiger partial charge in [-0.05, 0) is 50.4 Å². The van der Waals surface area contributed by atoms with Crippen LogP contribution in [0, 0.1) is 24.6 Å². The van der Waals surface area contributed by atoms with Crippen molar-refractivity contribution in [3.05, 3.63) is 44.0 Å². The molecule has 3 unspecified atom stereocenters. The summed E-state index contributed by atoms with van der Waals surface area (Å²) in [6.45, 7) is 3.29. The average molecular weight is 373 g/mol. The second-order valence-electron chi connectivity index (χ2n) is 8.39. The van der Waals surface area contributed by atoms with E-state index in [1.54, 1.807) is 6.92 Å². The molecule has 2 saturated carbocycles. The Labute approximate surface area is 155 Å². The molecule has 3 fully saturated rings. The fourth-order valence-electron chi connectivity index (χ4n) is 5.25. The summed E-state index contributed by atoms with van der Waals surface area (Å²) >= 11 is 0. The van der Waals surface area contributed by atoms with E-state index in [-0.39, 0.29) is 12.0 Å². The van der Waals surface area contributed by atoms with E-state index in [0.717, 1.165) is 38.8 Å². The van der Waals surface area contributed by atoms with Crippen LogP contribution in [-0.4, -0.2) is 28.2 Å². The molecule has 4 N–H and O–H groups in total. The van der Waals surface area contributed by atoms with Crippen LogP contribution in [0.4, 0.5) is 10.1 Å². The fraction of sp³-hybridized carbons (Fsp3) is 0.579. The molecule has 3 heterocycles.